The largest absolute Gasteiger partial charge is 0.384 e. The Kier molecular flexibility index (Phi) is 2.87. The molecule has 1 aliphatic rings. The zero-order valence-corrected chi connectivity index (χ0v) is 9.87. The lowest BCUT2D eigenvalue weighted by Gasteiger charge is -2.29. The number of rotatable bonds is 2. The van der Waals surface area contributed by atoms with Crippen LogP contribution in [-0.4, -0.2) is 5.11 Å². The highest BCUT2D eigenvalue weighted by Crippen LogP contribution is 2.44. The number of halogens is 1. The molecule has 1 N–H and O–H groups in total. The maximum absolute atomic E-state index is 10.5. The van der Waals surface area contributed by atoms with Gasteiger partial charge in [-0.2, -0.15) is 0 Å². The van der Waals surface area contributed by atoms with Crippen molar-refractivity contribution in [2.75, 3.05) is 0 Å². The molecule has 14 heavy (non-hydrogen) atoms. The van der Waals surface area contributed by atoms with Gasteiger partial charge in [-0.25, -0.2) is 0 Å². The molecule has 0 aromatic carbocycles. The summed E-state index contributed by atoms with van der Waals surface area (Å²) in [7, 11) is 0. The minimum atomic E-state index is -0.720. The highest BCUT2D eigenvalue weighted by molar-refractivity contribution is 7.10. The second kappa shape index (κ2) is 3.84. The van der Waals surface area contributed by atoms with Gasteiger partial charge in [0.2, 0.25) is 0 Å². The zero-order chi connectivity index (χ0) is 10.2. The molecule has 1 aromatic heterocycles. The van der Waals surface area contributed by atoms with Crippen LogP contribution in [0.4, 0.5) is 0 Å². The fourth-order valence-corrected chi connectivity index (χ4v) is 3.72. The molecule has 0 aliphatic heterocycles. The maximum Gasteiger partial charge on any atom is 0.100 e. The fraction of sp³-hybridized carbons (Fsp3) is 0.636. The first-order chi connectivity index (χ1) is 6.62. The summed E-state index contributed by atoms with van der Waals surface area (Å²) < 4.78 is 0. The lowest BCUT2D eigenvalue weighted by molar-refractivity contribution is 0.000252. The minimum absolute atomic E-state index is 0.388. The van der Waals surface area contributed by atoms with Crippen LogP contribution in [-0.2, 0) is 5.60 Å². The van der Waals surface area contributed by atoms with Crippen LogP contribution >= 0.6 is 22.9 Å². The first-order valence-electron chi connectivity index (χ1n) is 5.08. The summed E-state index contributed by atoms with van der Waals surface area (Å²) in [4.78, 5) is 0.936. The van der Waals surface area contributed by atoms with Crippen molar-refractivity contribution in [2.45, 2.75) is 38.2 Å². The van der Waals surface area contributed by atoms with E-state index in [4.69, 9.17) is 11.6 Å². The third-order valence-electron chi connectivity index (χ3n) is 3.23. The molecule has 1 atom stereocenters. The van der Waals surface area contributed by atoms with Gasteiger partial charge in [0.25, 0.3) is 0 Å². The van der Waals surface area contributed by atoms with E-state index in [9.17, 15) is 5.11 Å². The summed E-state index contributed by atoms with van der Waals surface area (Å²) in [5.74, 6) is 0.388. The quantitative estimate of drug-likeness (QED) is 0.820. The Balaban J connectivity index is 2.26. The normalized spacial score (nSPS) is 22.5. The van der Waals surface area contributed by atoms with Crippen molar-refractivity contribution in [3.8, 4) is 0 Å². The van der Waals surface area contributed by atoms with Crippen molar-refractivity contribution < 1.29 is 5.11 Å². The Morgan fingerprint density at radius 3 is 2.64 bits per heavy atom. The van der Waals surface area contributed by atoms with E-state index in [1.54, 1.807) is 11.3 Å². The van der Waals surface area contributed by atoms with Gasteiger partial charge in [0.05, 0.1) is 9.90 Å². The van der Waals surface area contributed by atoms with Gasteiger partial charge in [0.15, 0.2) is 0 Å². The van der Waals surface area contributed by atoms with E-state index in [-0.39, 0.29) is 0 Å². The van der Waals surface area contributed by atoms with Crippen molar-refractivity contribution in [3.05, 3.63) is 21.3 Å². The van der Waals surface area contributed by atoms with Crippen molar-refractivity contribution >= 4 is 22.9 Å². The summed E-state index contributed by atoms with van der Waals surface area (Å²) in [5.41, 5.74) is -0.720. The zero-order valence-electron chi connectivity index (χ0n) is 8.29. The second-order valence-electron chi connectivity index (χ2n) is 4.23. The van der Waals surface area contributed by atoms with Crippen LogP contribution in [0.1, 0.15) is 37.5 Å². The van der Waals surface area contributed by atoms with E-state index in [2.05, 4.69) is 0 Å². The standard InChI is InChI=1S/C11H15ClOS/c1-11(13,8-4-2-3-5-8)10-9(12)6-7-14-10/h6-8,13H,2-5H2,1H3. The molecule has 1 fully saturated rings. The highest BCUT2D eigenvalue weighted by atomic mass is 35.5. The average Bonchev–Trinajstić information content (AvgIpc) is 2.72. The van der Waals surface area contributed by atoms with E-state index in [1.807, 2.05) is 18.4 Å². The molecule has 78 valence electrons. The molecule has 0 spiro atoms. The number of hydrogen-bond acceptors (Lipinski definition) is 2. The summed E-state index contributed by atoms with van der Waals surface area (Å²) in [5, 5.41) is 13.1. The molecular weight excluding hydrogens is 216 g/mol. The molecule has 0 amide bonds. The SMILES string of the molecule is CC(O)(c1sccc1Cl)C1CCCC1. The molecule has 1 aliphatic carbocycles. The molecule has 3 heteroatoms. The van der Waals surface area contributed by atoms with Gasteiger partial charge in [0, 0.05) is 0 Å². The smallest absolute Gasteiger partial charge is 0.100 e. The topological polar surface area (TPSA) is 20.2 Å². The van der Waals surface area contributed by atoms with Crippen molar-refractivity contribution in [2.24, 2.45) is 5.92 Å². The summed E-state index contributed by atoms with van der Waals surface area (Å²) in [6.45, 7) is 1.90. The third kappa shape index (κ3) is 1.71. The lowest BCUT2D eigenvalue weighted by Crippen LogP contribution is -2.29. The van der Waals surface area contributed by atoms with Crippen LogP contribution in [0.5, 0.6) is 0 Å². The summed E-state index contributed by atoms with van der Waals surface area (Å²) in [6, 6.07) is 1.87. The molecule has 0 saturated heterocycles. The Bertz CT molecular complexity index is 313. The summed E-state index contributed by atoms with van der Waals surface area (Å²) in [6.07, 6.45) is 4.73. The Morgan fingerprint density at radius 2 is 2.14 bits per heavy atom. The first kappa shape index (κ1) is 10.5. The van der Waals surface area contributed by atoms with Crippen LogP contribution < -0.4 is 0 Å². The Labute approximate surface area is 93.7 Å². The third-order valence-corrected chi connectivity index (χ3v) is 4.80. The van der Waals surface area contributed by atoms with Crippen molar-refractivity contribution in [1.29, 1.82) is 0 Å². The van der Waals surface area contributed by atoms with Crippen LogP contribution in [0.3, 0.4) is 0 Å². The highest BCUT2D eigenvalue weighted by Gasteiger charge is 2.37. The Hall–Kier alpha value is -0.0500. The number of aliphatic hydroxyl groups is 1. The lowest BCUT2D eigenvalue weighted by atomic mass is 9.86. The van der Waals surface area contributed by atoms with Crippen LogP contribution in [0.25, 0.3) is 0 Å². The molecule has 1 aromatic rings. The molecule has 1 unspecified atom stereocenters. The van der Waals surface area contributed by atoms with E-state index < -0.39 is 5.60 Å². The molecular formula is C11H15ClOS. The van der Waals surface area contributed by atoms with Crippen molar-refractivity contribution in [3.63, 3.8) is 0 Å². The van der Waals surface area contributed by atoms with Gasteiger partial charge in [0.1, 0.15) is 5.60 Å². The number of hydrogen-bond donors (Lipinski definition) is 1. The van der Waals surface area contributed by atoms with E-state index >= 15 is 0 Å². The van der Waals surface area contributed by atoms with Crippen LogP contribution in [0.2, 0.25) is 5.02 Å². The van der Waals surface area contributed by atoms with Crippen molar-refractivity contribution in [1.82, 2.24) is 0 Å². The molecule has 0 radical (unpaired) electrons. The van der Waals surface area contributed by atoms with Gasteiger partial charge in [-0.05, 0) is 37.1 Å². The molecule has 2 rings (SSSR count). The van der Waals surface area contributed by atoms with Gasteiger partial charge >= 0.3 is 0 Å². The second-order valence-corrected chi connectivity index (χ2v) is 5.55. The molecule has 1 nitrogen and oxygen atoms in total. The molecule has 1 heterocycles. The monoisotopic (exact) mass is 230 g/mol. The first-order valence-corrected chi connectivity index (χ1v) is 6.34. The van der Waals surface area contributed by atoms with Gasteiger partial charge in [-0.15, -0.1) is 11.3 Å². The van der Waals surface area contributed by atoms with E-state index in [1.165, 1.54) is 12.8 Å². The Morgan fingerprint density at radius 1 is 1.50 bits per heavy atom. The predicted octanol–water partition coefficient (Wildman–Crippen LogP) is 3.80. The molecule has 0 bridgehead atoms. The van der Waals surface area contributed by atoms with Crippen LogP contribution in [0, 0.1) is 5.92 Å². The van der Waals surface area contributed by atoms with Gasteiger partial charge in [-0.3, -0.25) is 0 Å². The average molecular weight is 231 g/mol. The van der Waals surface area contributed by atoms with Gasteiger partial charge in [-0.1, -0.05) is 24.4 Å². The molecule has 1 saturated carbocycles. The van der Waals surface area contributed by atoms with E-state index in [0.29, 0.717) is 10.9 Å². The van der Waals surface area contributed by atoms with Crippen LogP contribution in [0.15, 0.2) is 11.4 Å². The number of thiophene rings is 1. The fourth-order valence-electron chi connectivity index (χ4n) is 2.33. The van der Waals surface area contributed by atoms with Gasteiger partial charge < -0.3 is 5.11 Å². The summed E-state index contributed by atoms with van der Waals surface area (Å²) >= 11 is 7.61. The predicted molar refractivity (Wildman–Crippen MR) is 60.9 cm³/mol. The minimum Gasteiger partial charge on any atom is -0.384 e. The maximum atomic E-state index is 10.5. The van der Waals surface area contributed by atoms with E-state index in [0.717, 1.165) is 17.7 Å².